The van der Waals surface area contributed by atoms with Gasteiger partial charge in [-0.3, -0.25) is 4.68 Å². The first-order valence-corrected chi connectivity index (χ1v) is 9.59. The van der Waals surface area contributed by atoms with Gasteiger partial charge in [0.1, 0.15) is 0 Å². The first-order valence-electron chi connectivity index (χ1n) is 8.15. The predicted molar refractivity (Wildman–Crippen MR) is 95.4 cm³/mol. The van der Waals surface area contributed by atoms with Crippen molar-refractivity contribution in [1.82, 2.24) is 14.1 Å². The van der Waals surface area contributed by atoms with Crippen LogP contribution in [0.4, 0.5) is 0 Å². The van der Waals surface area contributed by atoms with Gasteiger partial charge in [0.2, 0.25) is 10.0 Å². The quantitative estimate of drug-likeness (QED) is 0.760. The maximum absolute atomic E-state index is 13.3. The number of hydrogen-bond acceptors (Lipinski definition) is 4. The molecule has 0 unspecified atom stereocenters. The normalized spacial score (nSPS) is 15.1. The first kappa shape index (κ1) is 16.7. The van der Waals surface area contributed by atoms with Crippen LogP contribution in [0.3, 0.4) is 0 Å². The first-order chi connectivity index (χ1) is 12.4. The molecule has 0 saturated heterocycles. The van der Waals surface area contributed by atoms with Gasteiger partial charge in [-0.05, 0) is 11.5 Å². The number of aryl methyl sites for hydroxylation is 1. The number of carbonyl (C=O) groups is 1. The minimum Gasteiger partial charge on any atom is -0.476 e. The Balaban J connectivity index is 1.80. The van der Waals surface area contributed by atoms with Crippen molar-refractivity contribution < 1.29 is 18.3 Å². The molecule has 1 N–H and O–H groups in total. The Morgan fingerprint density at radius 1 is 1.15 bits per heavy atom. The molecule has 1 aliphatic rings. The summed E-state index contributed by atoms with van der Waals surface area (Å²) in [6, 6.07) is 12.5. The van der Waals surface area contributed by atoms with Crippen LogP contribution in [0.25, 0.3) is 10.8 Å². The molecule has 2 aromatic carbocycles. The number of fused-ring (bicyclic) bond motifs is 2. The predicted octanol–water partition coefficient (Wildman–Crippen LogP) is 2.02. The fourth-order valence-electron chi connectivity index (χ4n) is 3.50. The largest absolute Gasteiger partial charge is 0.476 e. The van der Waals surface area contributed by atoms with Gasteiger partial charge in [-0.15, -0.1) is 0 Å². The molecule has 0 radical (unpaired) electrons. The fourth-order valence-corrected chi connectivity index (χ4v) is 5.13. The maximum atomic E-state index is 13.3. The van der Waals surface area contributed by atoms with Gasteiger partial charge in [0, 0.05) is 43.2 Å². The van der Waals surface area contributed by atoms with Crippen LogP contribution in [-0.2, 0) is 30.0 Å². The summed E-state index contributed by atoms with van der Waals surface area (Å²) < 4.78 is 29.4. The van der Waals surface area contributed by atoms with Gasteiger partial charge in [0.25, 0.3) is 0 Å². The average molecular weight is 371 g/mol. The van der Waals surface area contributed by atoms with Crippen molar-refractivity contribution >= 4 is 26.8 Å². The zero-order valence-corrected chi connectivity index (χ0v) is 14.9. The highest BCUT2D eigenvalue weighted by Crippen LogP contribution is 2.30. The summed E-state index contributed by atoms with van der Waals surface area (Å²) in [7, 11) is -2.08. The number of aromatic nitrogens is 2. The van der Waals surface area contributed by atoms with E-state index in [4.69, 9.17) is 0 Å². The summed E-state index contributed by atoms with van der Waals surface area (Å²) in [6.07, 6.45) is 0.427. The van der Waals surface area contributed by atoms with Gasteiger partial charge >= 0.3 is 5.97 Å². The molecule has 0 fully saturated rings. The lowest BCUT2D eigenvalue weighted by Gasteiger charge is -2.27. The van der Waals surface area contributed by atoms with Crippen LogP contribution in [0.2, 0.25) is 0 Å². The Morgan fingerprint density at radius 2 is 1.88 bits per heavy atom. The monoisotopic (exact) mass is 371 g/mol. The van der Waals surface area contributed by atoms with Crippen LogP contribution in [0.15, 0.2) is 47.4 Å². The second kappa shape index (κ2) is 5.93. The molecule has 7 nitrogen and oxygen atoms in total. The lowest BCUT2D eigenvalue weighted by atomic mass is 10.1. The lowest BCUT2D eigenvalue weighted by molar-refractivity contribution is 0.0687. The van der Waals surface area contributed by atoms with Crippen LogP contribution >= 0.6 is 0 Å². The van der Waals surface area contributed by atoms with Gasteiger partial charge in [0.05, 0.1) is 4.90 Å². The Bertz CT molecular complexity index is 1130. The molecule has 1 aliphatic heterocycles. The fraction of sp³-hybridized carbons (Fsp3) is 0.222. The molecule has 3 aromatic rings. The van der Waals surface area contributed by atoms with Crippen molar-refractivity contribution in [2.45, 2.75) is 17.9 Å². The van der Waals surface area contributed by atoms with Crippen LogP contribution < -0.4 is 0 Å². The van der Waals surface area contributed by atoms with E-state index in [1.807, 2.05) is 18.2 Å². The van der Waals surface area contributed by atoms with Crippen LogP contribution in [0, 0.1) is 0 Å². The van der Waals surface area contributed by atoms with Gasteiger partial charge in [-0.1, -0.05) is 36.4 Å². The molecule has 1 aromatic heterocycles. The SMILES string of the molecule is Cn1nc(C(=O)O)c2c1CCN(S(=O)(=O)c1cccc3ccccc13)C2. The van der Waals surface area contributed by atoms with Crippen molar-refractivity contribution in [1.29, 1.82) is 0 Å². The third-order valence-corrected chi connectivity index (χ3v) is 6.68. The van der Waals surface area contributed by atoms with E-state index in [0.717, 1.165) is 11.1 Å². The number of sulfonamides is 1. The molecule has 26 heavy (non-hydrogen) atoms. The van der Waals surface area contributed by atoms with E-state index in [-0.39, 0.29) is 23.7 Å². The summed E-state index contributed by atoms with van der Waals surface area (Å²) in [5.74, 6) is -1.15. The van der Waals surface area contributed by atoms with Crippen molar-refractivity contribution in [3.63, 3.8) is 0 Å². The Labute approximate surface area is 150 Å². The number of benzene rings is 2. The summed E-state index contributed by atoms with van der Waals surface area (Å²) in [4.78, 5) is 11.7. The summed E-state index contributed by atoms with van der Waals surface area (Å²) in [5.41, 5.74) is 1.15. The van der Waals surface area contributed by atoms with Gasteiger partial charge in [-0.25, -0.2) is 13.2 Å². The van der Waals surface area contributed by atoms with Crippen LogP contribution in [-0.4, -0.2) is 40.1 Å². The molecular formula is C18H17N3O4S. The van der Waals surface area contributed by atoms with E-state index < -0.39 is 16.0 Å². The zero-order chi connectivity index (χ0) is 18.5. The van der Waals surface area contributed by atoms with E-state index >= 15 is 0 Å². The highest BCUT2D eigenvalue weighted by atomic mass is 32.2. The maximum Gasteiger partial charge on any atom is 0.356 e. The van der Waals surface area contributed by atoms with E-state index in [2.05, 4.69) is 5.10 Å². The molecule has 0 aliphatic carbocycles. The topological polar surface area (TPSA) is 92.5 Å². The highest BCUT2D eigenvalue weighted by molar-refractivity contribution is 7.89. The number of rotatable bonds is 3. The number of aromatic carboxylic acids is 1. The minimum atomic E-state index is -3.76. The second-order valence-corrected chi connectivity index (χ2v) is 8.17. The third-order valence-electron chi connectivity index (χ3n) is 4.78. The molecule has 0 saturated carbocycles. The summed E-state index contributed by atoms with van der Waals surface area (Å²) in [5, 5.41) is 14.9. The van der Waals surface area contributed by atoms with Crippen molar-refractivity contribution in [3.8, 4) is 0 Å². The average Bonchev–Trinajstić information content (AvgIpc) is 2.98. The van der Waals surface area contributed by atoms with Crippen molar-refractivity contribution in [2.24, 2.45) is 7.05 Å². The molecular weight excluding hydrogens is 354 g/mol. The number of nitrogens with zero attached hydrogens (tertiary/aromatic N) is 3. The Morgan fingerprint density at radius 3 is 2.65 bits per heavy atom. The zero-order valence-electron chi connectivity index (χ0n) is 14.1. The van der Waals surface area contributed by atoms with Crippen LogP contribution in [0.1, 0.15) is 21.7 Å². The lowest BCUT2D eigenvalue weighted by Crippen LogP contribution is -2.36. The van der Waals surface area contributed by atoms with Crippen molar-refractivity contribution in [2.75, 3.05) is 6.54 Å². The molecule has 0 spiro atoms. The second-order valence-electron chi connectivity index (χ2n) is 6.27. The standard InChI is InChI=1S/C18H17N3O4S/c1-20-15-9-10-21(11-14(15)17(19-20)18(22)23)26(24,25)16-8-4-6-12-5-2-3-7-13(12)16/h2-8H,9-11H2,1H3,(H,22,23). The highest BCUT2D eigenvalue weighted by Gasteiger charge is 2.34. The molecule has 0 amide bonds. The van der Waals surface area contributed by atoms with Gasteiger partial charge in [0.15, 0.2) is 5.69 Å². The Hall–Kier alpha value is -2.71. The smallest absolute Gasteiger partial charge is 0.356 e. The van der Waals surface area contributed by atoms with E-state index in [9.17, 15) is 18.3 Å². The van der Waals surface area contributed by atoms with Gasteiger partial charge < -0.3 is 5.11 Å². The van der Waals surface area contributed by atoms with E-state index in [0.29, 0.717) is 17.4 Å². The molecule has 2 heterocycles. The molecule has 4 rings (SSSR count). The summed E-state index contributed by atoms with van der Waals surface area (Å²) >= 11 is 0. The molecule has 8 heteroatoms. The van der Waals surface area contributed by atoms with E-state index in [1.165, 1.54) is 8.99 Å². The van der Waals surface area contributed by atoms with Crippen LogP contribution in [0.5, 0.6) is 0 Å². The number of hydrogen-bond donors (Lipinski definition) is 1. The Kier molecular flexibility index (Phi) is 3.82. The molecule has 0 atom stereocenters. The number of carboxylic acids is 1. The van der Waals surface area contributed by atoms with Gasteiger partial charge in [-0.2, -0.15) is 9.40 Å². The summed E-state index contributed by atoms with van der Waals surface area (Å²) in [6.45, 7) is 0.299. The minimum absolute atomic E-state index is 0.0103. The number of carboxylic acid groups (broad SMARTS) is 1. The van der Waals surface area contributed by atoms with Crippen molar-refractivity contribution in [3.05, 3.63) is 59.4 Å². The molecule has 134 valence electrons. The third kappa shape index (κ3) is 2.49. The van der Waals surface area contributed by atoms with E-state index in [1.54, 1.807) is 31.3 Å². The molecule has 0 bridgehead atoms.